The SMILES string of the molecule is O=[N+]([O-])c1ccccc1Cc1sccc1C1OCCO1. The van der Waals surface area contributed by atoms with Crippen molar-refractivity contribution < 1.29 is 14.4 Å². The van der Waals surface area contributed by atoms with E-state index in [-0.39, 0.29) is 16.9 Å². The van der Waals surface area contributed by atoms with E-state index in [1.807, 2.05) is 17.5 Å². The highest BCUT2D eigenvalue weighted by Crippen LogP contribution is 2.32. The highest BCUT2D eigenvalue weighted by molar-refractivity contribution is 7.10. The number of para-hydroxylation sites is 1. The third-order valence-electron chi connectivity index (χ3n) is 3.19. The minimum Gasteiger partial charge on any atom is -0.346 e. The predicted octanol–water partition coefficient (Wildman–Crippen LogP) is 3.29. The van der Waals surface area contributed by atoms with Crippen LogP contribution in [-0.4, -0.2) is 18.1 Å². The summed E-state index contributed by atoms with van der Waals surface area (Å²) in [6.07, 6.45) is 0.187. The van der Waals surface area contributed by atoms with Gasteiger partial charge in [0.05, 0.1) is 18.1 Å². The van der Waals surface area contributed by atoms with Gasteiger partial charge in [-0.05, 0) is 11.4 Å². The highest BCUT2D eigenvalue weighted by atomic mass is 32.1. The molecule has 2 heterocycles. The fourth-order valence-electron chi connectivity index (χ4n) is 2.25. The molecule has 0 N–H and O–H groups in total. The molecule has 2 aromatic rings. The van der Waals surface area contributed by atoms with Gasteiger partial charge in [-0.2, -0.15) is 0 Å². The van der Waals surface area contributed by atoms with Crippen molar-refractivity contribution in [2.45, 2.75) is 12.7 Å². The average Bonchev–Trinajstić information content (AvgIpc) is 3.09. The van der Waals surface area contributed by atoms with Crippen LogP contribution in [0.5, 0.6) is 0 Å². The number of hydrogen-bond donors (Lipinski definition) is 0. The molecule has 0 unspecified atom stereocenters. The van der Waals surface area contributed by atoms with Crippen LogP contribution in [0.1, 0.15) is 22.3 Å². The summed E-state index contributed by atoms with van der Waals surface area (Å²) in [7, 11) is 0. The Morgan fingerprint density at radius 2 is 2.00 bits per heavy atom. The number of nitro groups is 1. The smallest absolute Gasteiger partial charge is 0.272 e. The topological polar surface area (TPSA) is 61.6 Å². The lowest BCUT2D eigenvalue weighted by molar-refractivity contribution is -0.385. The maximum atomic E-state index is 11.1. The van der Waals surface area contributed by atoms with Gasteiger partial charge in [0.1, 0.15) is 0 Å². The van der Waals surface area contributed by atoms with E-state index in [9.17, 15) is 10.1 Å². The zero-order valence-corrected chi connectivity index (χ0v) is 11.5. The second kappa shape index (κ2) is 5.70. The van der Waals surface area contributed by atoms with Crippen molar-refractivity contribution in [3.05, 3.63) is 61.8 Å². The normalized spacial score (nSPS) is 15.6. The largest absolute Gasteiger partial charge is 0.346 e. The molecule has 1 fully saturated rings. The zero-order valence-electron chi connectivity index (χ0n) is 10.7. The van der Waals surface area contributed by atoms with Crippen LogP contribution in [0.3, 0.4) is 0 Å². The molecule has 0 radical (unpaired) electrons. The maximum Gasteiger partial charge on any atom is 0.272 e. The summed E-state index contributed by atoms with van der Waals surface area (Å²) in [4.78, 5) is 11.8. The van der Waals surface area contributed by atoms with Crippen molar-refractivity contribution in [2.24, 2.45) is 0 Å². The van der Waals surface area contributed by atoms with E-state index in [0.29, 0.717) is 25.2 Å². The van der Waals surface area contributed by atoms with Crippen molar-refractivity contribution >= 4 is 17.0 Å². The molecule has 1 aliphatic heterocycles. The van der Waals surface area contributed by atoms with Gasteiger partial charge >= 0.3 is 0 Å². The summed E-state index contributed by atoms with van der Waals surface area (Å²) in [5.41, 5.74) is 1.84. The Hall–Kier alpha value is -1.76. The predicted molar refractivity (Wildman–Crippen MR) is 74.9 cm³/mol. The molecule has 5 nitrogen and oxygen atoms in total. The fourth-order valence-corrected chi connectivity index (χ4v) is 3.17. The third kappa shape index (κ3) is 2.58. The van der Waals surface area contributed by atoms with E-state index < -0.39 is 0 Å². The Labute approximate surface area is 119 Å². The van der Waals surface area contributed by atoms with E-state index in [4.69, 9.17) is 9.47 Å². The highest BCUT2D eigenvalue weighted by Gasteiger charge is 2.23. The molecule has 1 aromatic heterocycles. The van der Waals surface area contributed by atoms with Crippen molar-refractivity contribution in [3.8, 4) is 0 Å². The molecule has 1 aromatic carbocycles. The number of nitrogens with zero attached hydrogens (tertiary/aromatic N) is 1. The van der Waals surface area contributed by atoms with Crippen LogP contribution in [-0.2, 0) is 15.9 Å². The standard InChI is InChI=1S/C14H13NO4S/c16-15(17)12-4-2-1-3-10(12)9-13-11(5-8-20-13)14-18-6-7-19-14/h1-5,8,14H,6-7,9H2. The van der Waals surface area contributed by atoms with Gasteiger partial charge in [-0.1, -0.05) is 18.2 Å². The van der Waals surface area contributed by atoms with Crippen molar-refractivity contribution in [1.82, 2.24) is 0 Å². The number of rotatable bonds is 4. The Bertz CT molecular complexity index is 619. The zero-order chi connectivity index (χ0) is 13.9. The van der Waals surface area contributed by atoms with Crippen molar-refractivity contribution in [2.75, 3.05) is 13.2 Å². The average molecular weight is 291 g/mol. The molecule has 0 amide bonds. The Balaban J connectivity index is 1.88. The van der Waals surface area contributed by atoms with Crippen LogP contribution in [0.15, 0.2) is 35.7 Å². The second-order valence-electron chi connectivity index (χ2n) is 4.44. The summed E-state index contributed by atoms with van der Waals surface area (Å²) in [5, 5.41) is 13.0. The van der Waals surface area contributed by atoms with Crippen LogP contribution < -0.4 is 0 Å². The number of ether oxygens (including phenoxy) is 2. The monoisotopic (exact) mass is 291 g/mol. The Morgan fingerprint density at radius 1 is 1.25 bits per heavy atom. The summed E-state index contributed by atoms with van der Waals surface area (Å²) in [6, 6.07) is 8.78. The summed E-state index contributed by atoms with van der Waals surface area (Å²) >= 11 is 1.57. The van der Waals surface area contributed by atoms with Gasteiger partial charge in [0.15, 0.2) is 6.29 Å². The first-order valence-corrected chi connectivity index (χ1v) is 7.15. The van der Waals surface area contributed by atoms with Crippen LogP contribution in [0, 0.1) is 10.1 Å². The van der Waals surface area contributed by atoms with Gasteiger partial charge in [-0.3, -0.25) is 10.1 Å². The lowest BCUT2D eigenvalue weighted by Crippen LogP contribution is -2.01. The molecule has 1 aliphatic rings. The van der Waals surface area contributed by atoms with Gasteiger partial charge in [-0.25, -0.2) is 0 Å². The van der Waals surface area contributed by atoms with Gasteiger partial charge in [0.2, 0.25) is 0 Å². The van der Waals surface area contributed by atoms with E-state index in [2.05, 4.69) is 0 Å². The van der Waals surface area contributed by atoms with Gasteiger partial charge in [0.25, 0.3) is 5.69 Å². The van der Waals surface area contributed by atoms with Crippen molar-refractivity contribution in [1.29, 1.82) is 0 Å². The fraction of sp³-hybridized carbons (Fsp3) is 0.286. The summed E-state index contributed by atoms with van der Waals surface area (Å²) in [5.74, 6) is 0. The Kier molecular flexibility index (Phi) is 3.77. The lowest BCUT2D eigenvalue weighted by atomic mass is 10.1. The Morgan fingerprint density at radius 3 is 2.75 bits per heavy atom. The summed E-state index contributed by atoms with van der Waals surface area (Å²) < 4.78 is 11.0. The minimum atomic E-state index is -0.342. The molecule has 0 atom stereocenters. The molecule has 0 aliphatic carbocycles. The van der Waals surface area contributed by atoms with E-state index in [1.165, 1.54) is 6.07 Å². The first-order valence-electron chi connectivity index (χ1n) is 6.27. The van der Waals surface area contributed by atoms with Crippen molar-refractivity contribution in [3.63, 3.8) is 0 Å². The molecule has 6 heteroatoms. The molecule has 104 valence electrons. The number of hydrogen-bond acceptors (Lipinski definition) is 5. The molecule has 0 bridgehead atoms. The second-order valence-corrected chi connectivity index (χ2v) is 5.44. The first kappa shape index (κ1) is 13.2. The molecule has 0 spiro atoms. The van der Waals surface area contributed by atoms with Crippen LogP contribution in [0.2, 0.25) is 0 Å². The molecule has 1 saturated heterocycles. The molecular formula is C14H13NO4S. The number of nitro benzene ring substituents is 1. The number of benzene rings is 1. The minimum absolute atomic E-state index is 0.153. The van der Waals surface area contributed by atoms with Crippen LogP contribution >= 0.6 is 11.3 Å². The van der Waals surface area contributed by atoms with E-state index >= 15 is 0 Å². The van der Waals surface area contributed by atoms with E-state index in [0.717, 1.165) is 10.4 Å². The molecule has 20 heavy (non-hydrogen) atoms. The maximum absolute atomic E-state index is 11.1. The molecular weight excluding hydrogens is 278 g/mol. The van der Waals surface area contributed by atoms with Gasteiger partial charge in [0, 0.05) is 28.5 Å². The van der Waals surface area contributed by atoms with Crippen LogP contribution in [0.25, 0.3) is 0 Å². The quantitative estimate of drug-likeness (QED) is 0.640. The van der Waals surface area contributed by atoms with Crippen LogP contribution in [0.4, 0.5) is 5.69 Å². The third-order valence-corrected chi connectivity index (χ3v) is 4.13. The van der Waals surface area contributed by atoms with Gasteiger partial charge in [-0.15, -0.1) is 11.3 Å². The first-order chi connectivity index (χ1) is 9.75. The molecule has 3 rings (SSSR count). The van der Waals surface area contributed by atoms with Gasteiger partial charge < -0.3 is 9.47 Å². The van der Waals surface area contributed by atoms with E-state index in [1.54, 1.807) is 23.5 Å². The molecule has 0 saturated carbocycles. The number of thiophene rings is 1. The lowest BCUT2D eigenvalue weighted by Gasteiger charge is -2.10. The summed E-state index contributed by atoms with van der Waals surface area (Å²) in [6.45, 7) is 1.18.